The molecule has 1 N–H and O–H groups in total. The van der Waals surface area contributed by atoms with E-state index in [0.29, 0.717) is 11.7 Å². The van der Waals surface area contributed by atoms with Crippen LogP contribution in [0.5, 0.6) is 0 Å². The molecule has 5 heteroatoms. The highest BCUT2D eigenvalue weighted by molar-refractivity contribution is 9.10. The zero-order valence-corrected chi connectivity index (χ0v) is 12.3. The molecule has 0 fully saturated rings. The van der Waals surface area contributed by atoms with Gasteiger partial charge in [0.05, 0.1) is 5.54 Å². The Morgan fingerprint density at radius 2 is 2.17 bits per heavy atom. The fraction of sp³-hybridized carbons (Fsp3) is 0.385. The van der Waals surface area contributed by atoms with Gasteiger partial charge in [-0.25, -0.2) is 0 Å². The smallest absolute Gasteiger partial charge is 0.246 e. The van der Waals surface area contributed by atoms with Crippen molar-refractivity contribution in [2.75, 3.05) is 6.54 Å². The van der Waals surface area contributed by atoms with Crippen molar-refractivity contribution >= 4 is 15.9 Å². The van der Waals surface area contributed by atoms with Gasteiger partial charge >= 0.3 is 0 Å². The van der Waals surface area contributed by atoms with Gasteiger partial charge < -0.3 is 9.84 Å². The number of benzene rings is 1. The lowest BCUT2D eigenvalue weighted by molar-refractivity contribution is 0.272. The van der Waals surface area contributed by atoms with E-state index in [1.807, 2.05) is 45.0 Å². The van der Waals surface area contributed by atoms with Crippen molar-refractivity contribution in [3.05, 3.63) is 34.6 Å². The molecule has 2 aromatic rings. The van der Waals surface area contributed by atoms with Gasteiger partial charge in [0.25, 0.3) is 0 Å². The predicted octanol–water partition coefficient (Wildman–Crippen LogP) is 3.34. The number of aromatic nitrogens is 2. The average Bonchev–Trinajstić information content (AvgIpc) is 2.78. The summed E-state index contributed by atoms with van der Waals surface area (Å²) in [6.45, 7) is 6.94. The largest absolute Gasteiger partial charge is 0.337 e. The van der Waals surface area contributed by atoms with Crippen molar-refractivity contribution in [1.82, 2.24) is 15.5 Å². The highest BCUT2D eigenvalue weighted by Crippen LogP contribution is 2.24. The van der Waals surface area contributed by atoms with E-state index in [1.165, 1.54) is 0 Å². The third-order valence-electron chi connectivity index (χ3n) is 2.66. The Bertz CT molecular complexity index is 537. The van der Waals surface area contributed by atoms with Crippen LogP contribution in [0.3, 0.4) is 0 Å². The van der Waals surface area contributed by atoms with E-state index in [1.54, 1.807) is 0 Å². The van der Waals surface area contributed by atoms with E-state index in [0.717, 1.165) is 16.6 Å². The Balaban J connectivity index is 2.31. The molecular weight excluding hydrogens is 294 g/mol. The zero-order chi connectivity index (χ0) is 13.2. The number of hydrogen-bond donors (Lipinski definition) is 1. The van der Waals surface area contributed by atoms with Gasteiger partial charge in [-0.2, -0.15) is 4.98 Å². The lowest BCUT2D eigenvalue weighted by atomic mass is 10.1. The molecule has 0 saturated carbocycles. The second-order valence-corrected chi connectivity index (χ2v) is 5.50. The second kappa shape index (κ2) is 5.20. The average molecular weight is 310 g/mol. The number of nitrogens with zero attached hydrogens (tertiary/aromatic N) is 2. The number of rotatable bonds is 4. The maximum atomic E-state index is 5.34. The molecule has 0 radical (unpaired) electrons. The normalized spacial score (nSPS) is 11.8. The molecule has 1 aromatic carbocycles. The first-order valence-electron chi connectivity index (χ1n) is 5.88. The summed E-state index contributed by atoms with van der Waals surface area (Å²) in [5.74, 6) is 1.21. The van der Waals surface area contributed by atoms with Crippen LogP contribution in [-0.2, 0) is 5.54 Å². The highest BCUT2D eigenvalue weighted by atomic mass is 79.9. The number of nitrogens with one attached hydrogen (secondary N) is 1. The van der Waals surface area contributed by atoms with E-state index in [2.05, 4.69) is 31.4 Å². The van der Waals surface area contributed by atoms with Gasteiger partial charge in [0.2, 0.25) is 11.7 Å². The van der Waals surface area contributed by atoms with Gasteiger partial charge in [-0.3, -0.25) is 0 Å². The molecule has 0 aliphatic heterocycles. The molecule has 0 amide bonds. The molecular formula is C13H16BrN3O. The monoisotopic (exact) mass is 309 g/mol. The molecule has 4 nitrogen and oxygen atoms in total. The van der Waals surface area contributed by atoms with Gasteiger partial charge in [-0.05, 0) is 32.5 Å². The quantitative estimate of drug-likeness (QED) is 0.941. The minimum absolute atomic E-state index is 0.313. The molecule has 1 heterocycles. The molecule has 0 aliphatic rings. The van der Waals surface area contributed by atoms with Crippen molar-refractivity contribution in [1.29, 1.82) is 0 Å². The molecule has 1 aromatic heterocycles. The second-order valence-electron chi connectivity index (χ2n) is 4.59. The Kier molecular flexibility index (Phi) is 3.82. The van der Waals surface area contributed by atoms with Crippen LogP contribution in [0, 0.1) is 0 Å². The van der Waals surface area contributed by atoms with Crippen LogP contribution >= 0.6 is 15.9 Å². The van der Waals surface area contributed by atoms with Crippen LogP contribution in [0.1, 0.15) is 26.7 Å². The maximum Gasteiger partial charge on any atom is 0.246 e. The minimum Gasteiger partial charge on any atom is -0.337 e. The van der Waals surface area contributed by atoms with Crippen molar-refractivity contribution in [3.63, 3.8) is 0 Å². The fourth-order valence-electron chi connectivity index (χ4n) is 1.74. The highest BCUT2D eigenvalue weighted by Gasteiger charge is 2.26. The van der Waals surface area contributed by atoms with Gasteiger partial charge in [0, 0.05) is 10.0 Å². The third-order valence-corrected chi connectivity index (χ3v) is 3.16. The third kappa shape index (κ3) is 2.79. The summed E-state index contributed by atoms with van der Waals surface area (Å²) in [6, 6.07) is 7.84. The minimum atomic E-state index is -0.313. The summed E-state index contributed by atoms with van der Waals surface area (Å²) >= 11 is 3.43. The molecule has 0 bridgehead atoms. The molecule has 2 rings (SSSR count). The van der Waals surface area contributed by atoms with E-state index in [9.17, 15) is 0 Å². The van der Waals surface area contributed by atoms with Gasteiger partial charge in [0.15, 0.2) is 0 Å². The SMILES string of the molecule is CCNC(C)(C)c1nc(-c2cccc(Br)c2)no1. The van der Waals surface area contributed by atoms with Gasteiger partial charge in [-0.15, -0.1) is 0 Å². The lowest BCUT2D eigenvalue weighted by Crippen LogP contribution is -2.36. The predicted molar refractivity (Wildman–Crippen MR) is 74.1 cm³/mol. The molecule has 18 heavy (non-hydrogen) atoms. The van der Waals surface area contributed by atoms with Gasteiger partial charge in [0.1, 0.15) is 0 Å². The van der Waals surface area contributed by atoms with E-state index >= 15 is 0 Å². The molecule has 0 saturated heterocycles. The summed E-state index contributed by atoms with van der Waals surface area (Å²) < 4.78 is 6.33. The molecule has 0 spiro atoms. The van der Waals surface area contributed by atoms with Crippen molar-refractivity contribution in [2.45, 2.75) is 26.3 Å². The number of halogens is 1. The lowest BCUT2D eigenvalue weighted by Gasteiger charge is -2.20. The first-order chi connectivity index (χ1) is 8.53. The zero-order valence-electron chi connectivity index (χ0n) is 10.7. The first kappa shape index (κ1) is 13.2. The van der Waals surface area contributed by atoms with Crippen molar-refractivity contribution < 1.29 is 4.52 Å². The Morgan fingerprint density at radius 3 is 2.83 bits per heavy atom. The van der Waals surface area contributed by atoms with Crippen LogP contribution < -0.4 is 5.32 Å². The molecule has 96 valence electrons. The van der Waals surface area contributed by atoms with Crippen LogP contribution in [0.15, 0.2) is 33.3 Å². The van der Waals surface area contributed by atoms with Gasteiger partial charge in [-0.1, -0.05) is 40.1 Å². The van der Waals surface area contributed by atoms with Crippen LogP contribution in [0.25, 0.3) is 11.4 Å². The molecule has 0 atom stereocenters. The summed E-state index contributed by atoms with van der Waals surface area (Å²) in [6.07, 6.45) is 0. The standard InChI is InChI=1S/C13H16BrN3O/c1-4-15-13(2,3)12-16-11(17-18-12)9-6-5-7-10(14)8-9/h5-8,15H,4H2,1-3H3. The fourth-order valence-corrected chi connectivity index (χ4v) is 2.14. The summed E-state index contributed by atoms with van der Waals surface area (Å²) in [4.78, 5) is 4.45. The first-order valence-corrected chi connectivity index (χ1v) is 6.67. The van der Waals surface area contributed by atoms with Crippen LogP contribution in [0.2, 0.25) is 0 Å². The van der Waals surface area contributed by atoms with Crippen molar-refractivity contribution in [3.8, 4) is 11.4 Å². The van der Waals surface area contributed by atoms with Crippen LogP contribution in [0.4, 0.5) is 0 Å². The Hall–Kier alpha value is -1.20. The molecule has 0 aliphatic carbocycles. The molecule has 0 unspecified atom stereocenters. The number of hydrogen-bond acceptors (Lipinski definition) is 4. The van der Waals surface area contributed by atoms with Crippen LogP contribution in [-0.4, -0.2) is 16.7 Å². The Labute approximate surface area is 115 Å². The van der Waals surface area contributed by atoms with Crippen molar-refractivity contribution in [2.24, 2.45) is 0 Å². The summed E-state index contributed by atoms with van der Waals surface area (Å²) in [5.41, 5.74) is 0.623. The summed E-state index contributed by atoms with van der Waals surface area (Å²) in [5, 5.41) is 7.34. The summed E-state index contributed by atoms with van der Waals surface area (Å²) in [7, 11) is 0. The van der Waals surface area contributed by atoms with E-state index in [-0.39, 0.29) is 5.54 Å². The van der Waals surface area contributed by atoms with E-state index < -0.39 is 0 Å². The maximum absolute atomic E-state index is 5.34. The topological polar surface area (TPSA) is 51.0 Å². The Morgan fingerprint density at radius 1 is 1.39 bits per heavy atom. The van der Waals surface area contributed by atoms with E-state index in [4.69, 9.17) is 4.52 Å².